The summed E-state index contributed by atoms with van der Waals surface area (Å²) in [6.07, 6.45) is 2.38. The van der Waals surface area contributed by atoms with Gasteiger partial charge in [-0.1, -0.05) is 27.7 Å². The Morgan fingerprint density at radius 1 is 1.17 bits per heavy atom. The monoisotopic (exact) mass is 258 g/mol. The molecule has 0 saturated carbocycles. The zero-order chi connectivity index (χ0) is 14.0. The number of ether oxygens (including phenoxy) is 1. The Balaban J connectivity index is 4.41. The fraction of sp³-hybridized carbons (Fsp3) is 1.00. The first-order chi connectivity index (χ1) is 8.56. The number of rotatable bonds is 11. The van der Waals surface area contributed by atoms with Gasteiger partial charge in [-0.25, -0.2) is 0 Å². The van der Waals surface area contributed by atoms with Gasteiger partial charge in [0.25, 0.3) is 0 Å². The SMILES string of the molecule is CCCNC(CC)C(C)N(CCOC)CC(C)C. The van der Waals surface area contributed by atoms with Gasteiger partial charge >= 0.3 is 0 Å². The van der Waals surface area contributed by atoms with Crippen LogP contribution in [0.15, 0.2) is 0 Å². The summed E-state index contributed by atoms with van der Waals surface area (Å²) < 4.78 is 5.24. The number of methoxy groups -OCH3 is 1. The van der Waals surface area contributed by atoms with E-state index in [0.29, 0.717) is 18.0 Å². The van der Waals surface area contributed by atoms with Gasteiger partial charge < -0.3 is 10.1 Å². The molecule has 2 unspecified atom stereocenters. The van der Waals surface area contributed by atoms with Gasteiger partial charge in [0.1, 0.15) is 0 Å². The van der Waals surface area contributed by atoms with Crippen molar-refractivity contribution in [3.8, 4) is 0 Å². The topological polar surface area (TPSA) is 24.5 Å². The van der Waals surface area contributed by atoms with Crippen molar-refractivity contribution in [2.24, 2.45) is 5.92 Å². The van der Waals surface area contributed by atoms with Crippen LogP contribution in [-0.4, -0.2) is 50.3 Å². The number of hydrogen-bond acceptors (Lipinski definition) is 3. The second-order valence-corrected chi connectivity index (χ2v) is 5.59. The van der Waals surface area contributed by atoms with Crippen molar-refractivity contribution in [3.63, 3.8) is 0 Å². The Kier molecular flexibility index (Phi) is 10.7. The van der Waals surface area contributed by atoms with E-state index in [1.165, 1.54) is 12.8 Å². The quantitative estimate of drug-likeness (QED) is 0.617. The van der Waals surface area contributed by atoms with Crippen molar-refractivity contribution in [2.75, 3.05) is 33.4 Å². The minimum Gasteiger partial charge on any atom is -0.383 e. The minimum atomic E-state index is 0.569. The van der Waals surface area contributed by atoms with E-state index < -0.39 is 0 Å². The maximum absolute atomic E-state index is 5.24. The average Bonchev–Trinajstić information content (AvgIpc) is 2.34. The van der Waals surface area contributed by atoms with Crippen LogP contribution in [0.5, 0.6) is 0 Å². The van der Waals surface area contributed by atoms with Gasteiger partial charge in [0.15, 0.2) is 0 Å². The summed E-state index contributed by atoms with van der Waals surface area (Å²) in [6.45, 7) is 15.5. The number of hydrogen-bond donors (Lipinski definition) is 1. The van der Waals surface area contributed by atoms with E-state index in [1.807, 2.05) is 0 Å². The molecule has 0 rings (SSSR count). The zero-order valence-electron chi connectivity index (χ0n) is 13.3. The summed E-state index contributed by atoms with van der Waals surface area (Å²) in [4.78, 5) is 2.56. The highest BCUT2D eigenvalue weighted by atomic mass is 16.5. The van der Waals surface area contributed by atoms with Crippen LogP contribution in [0.2, 0.25) is 0 Å². The molecule has 0 saturated heterocycles. The zero-order valence-corrected chi connectivity index (χ0v) is 13.3. The van der Waals surface area contributed by atoms with Gasteiger partial charge in [-0.3, -0.25) is 4.90 Å². The van der Waals surface area contributed by atoms with Gasteiger partial charge in [-0.05, 0) is 32.2 Å². The van der Waals surface area contributed by atoms with E-state index in [2.05, 4.69) is 44.8 Å². The van der Waals surface area contributed by atoms with Crippen LogP contribution in [0.1, 0.15) is 47.5 Å². The first kappa shape index (κ1) is 17.9. The van der Waals surface area contributed by atoms with Gasteiger partial charge in [0.2, 0.25) is 0 Å². The van der Waals surface area contributed by atoms with Crippen LogP contribution in [0.3, 0.4) is 0 Å². The van der Waals surface area contributed by atoms with Crippen molar-refractivity contribution in [1.82, 2.24) is 10.2 Å². The second kappa shape index (κ2) is 10.8. The van der Waals surface area contributed by atoms with E-state index in [9.17, 15) is 0 Å². The van der Waals surface area contributed by atoms with E-state index in [1.54, 1.807) is 7.11 Å². The fourth-order valence-electron chi connectivity index (χ4n) is 2.38. The first-order valence-corrected chi connectivity index (χ1v) is 7.53. The molecule has 110 valence electrons. The van der Waals surface area contributed by atoms with Gasteiger partial charge in [0, 0.05) is 32.3 Å². The van der Waals surface area contributed by atoms with Gasteiger partial charge in [-0.15, -0.1) is 0 Å². The molecule has 0 spiro atoms. The molecular formula is C15H34N2O. The van der Waals surface area contributed by atoms with Crippen LogP contribution in [0.25, 0.3) is 0 Å². The van der Waals surface area contributed by atoms with Crippen LogP contribution in [-0.2, 0) is 4.74 Å². The molecule has 0 aliphatic rings. The number of nitrogens with one attached hydrogen (secondary N) is 1. The molecule has 0 aromatic rings. The van der Waals surface area contributed by atoms with Crippen molar-refractivity contribution in [3.05, 3.63) is 0 Å². The smallest absolute Gasteiger partial charge is 0.0589 e. The van der Waals surface area contributed by atoms with Gasteiger partial charge in [-0.2, -0.15) is 0 Å². The molecule has 2 atom stereocenters. The highest BCUT2D eigenvalue weighted by molar-refractivity contribution is 4.81. The molecule has 1 N–H and O–H groups in total. The molecule has 0 aliphatic carbocycles. The summed E-state index contributed by atoms with van der Waals surface area (Å²) in [5.74, 6) is 0.702. The Hall–Kier alpha value is -0.120. The van der Waals surface area contributed by atoms with Crippen molar-refractivity contribution in [2.45, 2.75) is 59.5 Å². The highest BCUT2D eigenvalue weighted by Gasteiger charge is 2.22. The van der Waals surface area contributed by atoms with Crippen molar-refractivity contribution >= 4 is 0 Å². The summed E-state index contributed by atoms with van der Waals surface area (Å²) in [5.41, 5.74) is 0. The Labute approximate surface area is 114 Å². The molecule has 3 heteroatoms. The standard InChI is InChI=1S/C15H34N2O/c1-7-9-16-15(8-2)14(5)17(10-11-18-6)12-13(3)4/h13-16H,7-12H2,1-6H3. The molecule has 0 radical (unpaired) electrons. The largest absolute Gasteiger partial charge is 0.383 e. The summed E-state index contributed by atoms with van der Waals surface area (Å²) >= 11 is 0. The van der Waals surface area contributed by atoms with Crippen LogP contribution in [0.4, 0.5) is 0 Å². The minimum absolute atomic E-state index is 0.569. The summed E-state index contributed by atoms with van der Waals surface area (Å²) in [6, 6.07) is 1.15. The molecule has 0 aliphatic heterocycles. The lowest BCUT2D eigenvalue weighted by Crippen LogP contribution is -2.50. The van der Waals surface area contributed by atoms with Crippen molar-refractivity contribution < 1.29 is 4.74 Å². The Bertz CT molecular complexity index is 185. The molecule has 0 aromatic carbocycles. The average molecular weight is 258 g/mol. The van der Waals surface area contributed by atoms with E-state index in [0.717, 1.165) is 26.2 Å². The lowest BCUT2D eigenvalue weighted by molar-refractivity contribution is 0.0982. The Morgan fingerprint density at radius 3 is 2.28 bits per heavy atom. The third-order valence-corrected chi connectivity index (χ3v) is 3.44. The summed E-state index contributed by atoms with van der Waals surface area (Å²) in [5, 5.41) is 3.67. The lowest BCUT2D eigenvalue weighted by Gasteiger charge is -2.36. The van der Waals surface area contributed by atoms with Crippen molar-refractivity contribution in [1.29, 1.82) is 0 Å². The van der Waals surface area contributed by atoms with Crippen LogP contribution in [0, 0.1) is 5.92 Å². The van der Waals surface area contributed by atoms with Crippen LogP contribution >= 0.6 is 0 Å². The highest BCUT2D eigenvalue weighted by Crippen LogP contribution is 2.10. The van der Waals surface area contributed by atoms with E-state index >= 15 is 0 Å². The first-order valence-electron chi connectivity index (χ1n) is 7.53. The van der Waals surface area contributed by atoms with Crippen LogP contribution < -0.4 is 5.32 Å². The third kappa shape index (κ3) is 7.34. The predicted molar refractivity (Wildman–Crippen MR) is 80.1 cm³/mol. The molecule has 0 heterocycles. The fourth-order valence-corrected chi connectivity index (χ4v) is 2.38. The number of nitrogens with zero attached hydrogens (tertiary/aromatic N) is 1. The molecule has 18 heavy (non-hydrogen) atoms. The Morgan fingerprint density at radius 2 is 1.83 bits per heavy atom. The molecule has 3 nitrogen and oxygen atoms in total. The molecule has 0 amide bonds. The lowest BCUT2D eigenvalue weighted by atomic mass is 10.0. The second-order valence-electron chi connectivity index (χ2n) is 5.59. The maximum atomic E-state index is 5.24. The molecule has 0 fully saturated rings. The van der Waals surface area contributed by atoms with E-state index in [4.69, 9.17) is 4.74 Å². The maximum Gasteiger partial charge on any atom is 0.0589 e. The molecule has 0 aromatic heterocycles. The predicted octanol–water partition coefficient (Wildman–Crippen LogP) is 2.76. The van der Waals surface area contributed by atoms with Gasteiger partial charge in [0.05, 0.1) is 6.61 Å². The molecular weight excluding hydrogens is 224 g/mol. The van der Waals surface area contributed by atoms with E-state index in [-0.39, 0.29) is 0 Å². The summed E-state index contributed by atoms with van der Waals surface area (Å²) in [7, 11) is 1.78. The normalized spacial score (nSPS) is 15.3. The molecule has 0 bridgehead atoms. The third-order valence-electron chi connectivity index (χ3n) is 3.44.